The van der Waals surface area contributed by atoms with Gasteiger partial charge in [0.1, 0.15) is 17.8 Å². The molecule has 146 valence electrons. The molecule has 0 radical (unpaired) electrons. The lowest BCUT2D eigenvalue weighted by Crippen LogP contribution is -2.54. The first-order valence-electron chi connectivity index (χ1n) is 9.67. The van der Waals surface area contributed by atoms with Crippen molar-refractivity contribution >= 4 is 34.2 Å². The summed E-state index contributed by atoms with van der Waals surface area (Å²) in [5, 5.41) is 5.41. The molecule has 28 heavy (non-hydrogen) atoms. The molecule has 7 heteroatoms. The van der Waals surface area contributed by atoms with Crippen molar-refractivity contribution in [2.45, 2.75) is 32.7 Å². The third kappa shape index (κ3) is 3.33. The molecule has 1 aliphatic heterocycles. The number of rotatable bonds is 5. The molecule has 0 saturated carbocycles. The van der Waals surface area contributed by atoms with Crippen molar-refractivity contribution in [1.29, 1.82) is 0 Å². The number of aldehydes is 1. The first-order valence-corrected chi connectivity index (χ1v) is 9.67. The van der Waals surface area contributed by atoms with Crippen LogP contribution in [0.25, 0.3) is 21.8 Å². The highest BCUT2D eigenvalue weighted by atomic mass is 16.6. The second kappa shape index (κ2) is 7.59. The van der Waals surface area contributed by atoms with Crippen LogP contribution < -0.4 is 4.74 Å². The summed E-state index contributed by atoms with van der Waals surface area (Å²) in [6.07, 6.45) is 2.21. The van der Waals surface area contributed by atoms with Crippen molar-refractivity contribution in [2.24, 2.45) is 5.92 Å². The Morgan fingerprint density at radius 2 is 1.96 bits per heavy atom. The lowest BCUT2D eigenvalue weighted by Gasteiger charge is -2.36. The van der Waals surface area contributed by atoms with Crippen LogP contribution in [0.3, 0.4) is 0 Å². The van der Waals surface area contributed by atoms with Crippen molar-refractivity contribution in [3.05, 3.63) is 36.4 Å². The van der Waals surface area contributed by atoms with Gasteiger partial charge in [0.15, 0.2) is 0 Å². The monoisotopic (exact) mass is 380 g/mol. The van der Waals surface area contributed by atoms with E-state index in [1.165, 1.54) is 5.01 Å². The van der Waals surface area contributed by atoms with E-state index in [2.05, 4.69) is 9.97 Å². The molecule has 1 aromatic heterocycles. The fourth-order valence-electron chi connectivity index (χ4n) is 3.74. The highest BCUT2D eigenvalue weighted by Crippen LogP contribution is 2.26. The summed E-state index contributed by atoms with van der Waals surface area (Å²) in [6, 6.07) is 11.4. The third-order valence-electron chi connectivity index (χ3n) is 5.22. The number of benzene rings is 2. The number of fused-ring (bicyclic) bond motifs is 3. The van der Waals surface area contributed by atoms with E-state index in [0.717, 1.165) is 54.0 Å². The van der Waals surface area contributed by atoms with Crippen LogP contribution in [-0.2, 0) is 4.79 Å². The first kappa shape index (κ1) is 18.4. The molecule has 4 rings (SSSR count). The Hall–Kier alpha value is -2.93. The lowest BCUT2D eigenvalue weighted by molar-refractivity contribution is -0.120. The van der Waals surface area contributed by atoms with Crippen LogP contribution in [0.4, 0.5) is 4.79 Å². The van der Waals surface area contributed by atoms with Crippen LogP contribution in [0.5, 0.6) is 6.01 Å². The molecular weight excluding hydrogens is 356 g/mol. The zero-order valence-electron chi connectivity index (χ0n) is 16.1. The van der Waals surface area contributed by atoms with Crippen molar-refractivity contribution in [3.63, 3.8) is 0 Å². The van der Waals surface area contributed by atoms with Gasteiger partial charge in [-0.1, -0.05) is 44.2 Å². The van der Waals surface area contributed by atoms with Crippen LogP contribution in [0.1, 0.15) is 26.7 Å². The number of hydrogen-bond donors (Lipinski definition) is 1. The molecular formula is C21H24N4O3. The van der Waals surface area contributed by atoms with E-state index >= 15 is 0 Å². The lowest BCUT2D eigenvalue weighted by atomic mass is 10.1. The number of aromatic nitrogens is 2. The number of nitrogens with zero attached hydrogens (tertiary/aromatic N) is 3. The summed E-state index contributed by atoms with van der Waals surface area (Å²) in [5.74, 6) is -0.0229. The molecule has 1 atom stereocenters. The fourth-order valence-corrected chi connectivity index (χ4v) is 3.74. The van der Waals surface area contributed by atoms with Crippen molar-refractivity contribution in [3.8, 4) is 6.01 Å². The summed E-state index contributed by atoms with van der Waals surface area (Å²) in [4.78, 5) is 32.2. The maximum atomic E-state index is 13.0. The molecule has 3 aromatic rings. The zero-order chi connectivity index (χ0) is 19.7. The summed E-state index contributed by atoms with van der Waals surface area (Å²) in [5.41, 5.74) is 1.55. The molecule has 0 aliphatic carbocycles. The first-order chi connectivity index (χ1) is 13.6. The van der Waals surface area contributed by atoms with Gasteiger partial charge in [-0.15, -0.1) is 0 Å². The molecule has 2 aromatic carbocycles. The van der Waals surface area contributed by atoms with E-state index in [0.29, 0.717) is 0 Å². The smallest absolute Gasteiger partial charge is 0.374 e. The van der Waals surface area contributed by atoms with Gasteiger partial charge in [-0.05, 0) is 30.2 Å². The SMILES string of the molecule is CC(C)C(C=O)N(C(=O)Oc1nc2c(ccc3ccccc32)[nH]1)N1CCCC1. The van der Waals surface area contributed by atoms with Crippen LogP contribution >= 0.6 is 0 Å². The number of ether oxygens (including phenoxy) is 1. The van der Waals surface area contributed by atoms with Gasteiger partial charge in [-0.3, -0.25) is 0 Å². The Morgan fingerprint density at radius 3 is 2.68 bits per heavy atom. The average molecular weight is 380 g/mol. The number of carbonyl (C=O) groups excluding carboxylic acids is 2. The fraction of sp³-hybridized carbons (Fsp3) is 0.381. The van der Waals surface area contributed by atoms with Crippen molar-refractivity contribution in [1.82, 2.24) is 20.0 Å². The minimum Gasteiger partial charge on any atom is -0.374 e. The number of H-pyrrole nitrogens is 1. The molecule has 1 saturated heterocycles. The van der Waals surface area contributed by atoms with Gasteiger partial charge < -0.3 is 14.5 Å². The van der Waals surface area contributed by atoms with Crippen molar-refractivity contribution < 1.29 is 14.3 Å². The maximum absolute atomic E-state index is 13.0. The number of amides is 1. The van der Waals surface area contributed by atoms with Crippen LogP contribution in [0.15, 0.2) is 36.4 Å². The molecule has 1 fully saturated rings. The molecule has 2 heterocycles. The van der Waals surface area contributed by atoms with E-state index in [1.54, 1.807) is 0 Å². The Bertz CT molecular complexity index is 1010. The zero-order valence-corrected chi connectivity index (χ0v) is 16.1. The van der Waals surface area contributed by atoms with E-state index < -0.39 is 12.1 Å². The van der Waals surface area contributed by atoms with E-state index in [4.69, 9.17) is 4.74 Å². The summed E-state index contributed by atoms with van der Waals surface area (Å²) < 4.78 is 5.58. The third-order valence-corrected chi connectivity index (χ3v) is 5.22. The second-order valence-electron chi connectivity index (χ2n) is 7.47. The normalized spacial score (nSPS) is 16.0. The van der Waals surface area contributed by atoms with Gasteiger partial charge >= 0.3 is 12.1 Å². The predicted octanol–water partition coefficient (Wildman–Crippen LogP) is 3.75. The van der Waals surface area contributed by atoms with Gasteiger partial charge in [-0.25, -0.2) is 14.8 Å². The van der Waals surface area contributed by atoms with Gasteiger partial charge in [0.25, 0.3) is 0 Å². The van der Waals surface area contributed by atoms with Crippen LogP contribution in [-0.4, -0.2) is 51.5 Å². The predicted molar refractivity (Wildman–Crippen MR) is 107 cm³/mol. The second-order valence-corrected chi connectivity index (χ2v) is 7.47. The summed E-state index contributed by atoms with van der Waals surface area (Å²) in [6.45, 7) is 5.30. The van der Waals surface area contributed by atoms with Crippen LogP contribution in [0.2, 0.25) is 0 Å². The Balaban J connectivity index is 1.65. The molecule has 1 N–H and O–H groups in total. The molecule has 1 amide bonds. The topological polar surface area (TPSA) is 78.5 Å². The van der Waals surface area contributed by atoms with Gasteiger partial charge in [0.2, 0.25) is 0 Å². The standard InChI is InChI=1S/C21H24N4O3/c1-14(2)18(13-26)25(24-11-5-6-12-24)21(27)28-20-22-17-10-9-15-7-3-4-8-16(15)19(17)23-20/h3-4,7-10,13-14,18H,5-6,11-12H2,1-2H3,(H,22,23). The molecule has 1 unspecified atom stereocenters. The largest absolute Gasteiger partial charge is 0.433 e. The molecule has 0 bridgehead atoms. The van der Waals surface area contributed by atoms with Crippen molar-refractivity contribution in [2.75, 3.05) is 13.1 Å². The number of hydrazine groups is 1. The van der Waals surface area contributed by atoms with E-state index in [9.17, 15) is 9.59 Å². The number of aromatic amines is 1. The molecule has 0 spiro atoms. The Morgan fingerprint density at radius 1 is 1.21 bits per heavy atom. The molecule has 1 aliphatic rings. The van der Waals surface area contributed by atoms with Gasteiger partial charge in [-0.2, -0.15) is 4.98 Å². The van der Waals surface area contributed by atoms with E-state index in [1.807, 2.05) is 55.3 Å². The summed E-state index contributed by atoms with van der Waals surface area (Å²) in [7, 11) is 0. The highest BCUT2D eigenvalue weighted by Gasteiger charge is 2.34. The number of nitrogens with one attached hydrogen (secondary N) is 1. The highest BCUT2D eigenvalue weighted by molar-refractivity contribution is 6.04. The molecule has 7 nitrogen and oxygen atoms in total. The Labute approximate surface area is 163 Å². The quantitative estimate of drug-likeness (QED) is 0.682. The van der Waals surface area contributed by atoms with E-state index in [-0.39, 0.29) is 11.9 Å². The maximum Gasteiger partial charge on any atom is 0.433 e. The van der Waals surface area contributed by atoms with Gasteiger partial charge in [0, 0.05) is 18.5 Å². The number of hydrogen-bond acceptors (Lipinski definition) is 5. The Kier molecular flexibility index (Phi) is 5.00. The minimum absolute atomic E-state index is 0.0229. The van der Waals surface area contributed by atoms with Crippen LogP contribution in [0, 0.1) is 5.92 Å². The number of imidazole rings is 1. The van der Waals surface area contributed by atoms with Gasteiger partial charge in [0.05, 0.1) is 5.52 Å². The minimum atomic E-state index is -0.587. The number of carbonyl (C=O) groups is 2. The summed E-state index contributed by atoms with van der Waals surface area (Å²) >= 11 is 0. The average Bonchev–Trinajstić information content (AvgIpc) is 3.35.